The molecule has 0 aliphatic heterocycles. The van der Waals surface area contributed by atoms with E-state index in [0.717, 1.165) is 21.4 Å². The summed E-state index contributed by atoms with van der Waals surface area (Å²) < 4.78 is 22.1. The summed E-state index contributed by atoms with van der Waals surface area (Å²) in [5, 5.41) is 3.07. The average Bonchev–Trinajstić information content (AvgIpc) is 3.02. The van der Waals surface area contributed by atoms with Gasteiger partial charge in [-0.15, -0.1) is 11.3 Å². The van der Waals surface area contributed by atoms with Gasteiger partial charge >= 0.3 is 0 Å². The molecule has 0 spiro atoms. The van der Waals surface area contributed by atoms with E-state index in [-0.39, 0.29) is 0 Å². The van der Waals surface area contributed by atoms with Crippen LogP contribution in [0.4, 0.5) is 4.39 Å². The molecule has 1 aromatic heterocycles. The van der Waals surface area contributed by atoms with E-state index in [1.54, 1.807) is 11.3 Å². The van der Waals surface area contributed by atoms with Crippen LogP contribution < -0.4 is 4.74 Å². The predicted molar refractivity (Wildman–Crippen MR) is 95.1 cm³/mol. The summed E-state index contributed by atoms with van der Waals surface area (Å²) in [6, 6.07) is 17.5. The fourth-order valence-electron chi connectivity index (χ4n) is 2.64. The van der Waals surface area contributed by atoms with Gasteiger partial charge in [0.2, 0.25) is 0 Å². The molecule has 120 valence electrons. The van der Waals surface area contributed by atoms with Crippen molar-refractivity contribution in [1.82, 2.24) is 4.90 Å². The minimum absolute atomic E-state index is 0.319. The van der Waals surface area contributed by atoms with E-state index in [4.69, 9.17) is 4.74 Å². The molecule has 2 atom stereocenters. The lowest BCUT2D eigenvalue weighted by atomic mass is 10.0. The van der Waals surface area contributed by atoms with Crippen LogP contribution in [0.15, 0.2) is 60.0 Å². The van der Waals surface area contributed by atoms with E-state index in [1.807, 2.05) is 72.9 Å². The lowest BCUT2D eigenvalue weighted by molar-refractivity contribution is 0.0819. The quantitative estimate of drug-likeness (QED) is 0.636. The van der Waals surface area contributed by atoms with Crippen molar-refractivity contribution >= 4 is 21.4 Å². The molecule has 0 aliphatic carbocycles. The summed E-state index contributed by atoms with van der Waals surface area (Å²) >= 11 is 1.66. The van der Waals surface area contributed by atoms with Gasteiger partial charge in [-0.3, -0.25) is 0 Å². The second-order valence-corrected chi connectivity index (χ2v) is 6.76. The molecule has 0 saturated heterocycles. The maximum atomic E-state index is 14.9. The van der Waals surface area contributed by atoms with Crippen molar-refractivity contribution in [2.75, 3.05) is 20.6 Å². The number of rotatable bonds is 6. The topological polar surface area (TPSA) is 12.5 Å². The number of halogens is 1. The van der Waals surface area contributed by atoms with Gasteiger partial charge < -0.3 is 9.64 Å². The first-order chi connectivity index (χ1) is 11.1. The molecule has 2 unspecified atom stereocenters. The highest BCUT2D eigenvalue weighted by molar-refractivity contribution is 7.17. The van der Waals surface area contributed by atoms with Gasteiger partial charge in [0.1, 0.15) is 5.75 Å². The molecule has 0 fully saturated rings. The smallest absolute Gasteiger partial charge is 0.156 e. The number of hydrogen-bond donors (Lipinski definition) is 0. The number of thiophene rings is 1. The molecule has 2 nitrogen and oxygen atoms in total. The van der Waals surface area contributed by atoms with Gasteiger partial charge in [0.05, 0.1) is 0 Å². The molecule has 2 aromatic carbocycles. The molecule has 3 aromatic rings. The maximum Gasteiger partial charge on any atom is 0.156 e. The Morgan fingerprint density at radius 2 is 1.83 bits per heavy atom. The first kappa shape index (κ1) is 16.0. The largest absolute Gasteiger partial charge is 0.482 e. The highest BCUT2D eigenvalue weighted by Crippen LogP contribution is 2.34. The SMILES string of the molecule is CN(C)CC(F)C(Oc1cccc2sccc12)c1ccccc1. The molecule has 0 saturated carbocycles. The lowest BCUT2D eigenvalue weighted by Gasteiger charge is -2.25. The van der Waals surface area contributed by atoms with E-state index in [0.29, 0.717) is 6.54 Å². The van der Waals surface area contributed by atoms with Crippen LogP contribution in [-0.4, -0.2) is 31.7 Å². The number of ether oxygens (including phenoxy) is 1. The van der Waals surface area contributed by atoms with Crippen LogP contribution in [0.1, 0.15) is 11.7 Å². The van der Waals surface area contributed by atoms with E-state index < -0.39 is 12.3 Å². The highest BCUT2D eigenvalue weighted by Gasteiger charge is 2.26. The van der Waals surface area contributed by atoms with Crippen molar-refractivity contribution in [3.8, 4) is 5.75 Å². The molecule has 1 heterocycles. The van der Waals surface area contributed by atoms with Crippen LogP contribution in [-0.2, 0) is 0 Å². The molecule has 0 aliphatic rings. The first-order valence-electron chi connectivity index (χ1n) is 7.62. The fourth-order valence-corrected chi connectivity index (χ4v) is 3.45. The van der Waals surface area contributed by atoms with Crippen LogP contribution in [0.2, 0.25) is 0 Å². The number of benzene rings is 2. The Balaban J connectivity index is 1.94. The van der Waals surface area contributed by atoms with Crippen molar-refractivity contribution in [2.45, 2.75) is 12.3 Å². The van der Waals surface area contributed by atoms with E-state index in [2.05, 4.69) is 6.07 Å². The Hall–Kier alpha value is -1.91. The van der Waals surface area contributed by atoms with Crippen LogP contribution in [0, 0.1) is 0 Å². The fraction of sp³-hybridized carbons (Fsp3) is 0.263. The van der Waals surface area contributed by atoms with Gasteiger partial charge in [0, 0.05) is 16.6 Å². The van der Waals surface area contributed by atoms with Gasteiger partial charge in [0.25, 0.3) is 0 Å². The Bertz CT molecular complexity index is 756. The number of nitrogens with zero attached hydrogens (tertiary/aromatic N) is 1. The predicted octanol–water partition coefficient (Wildman–Crippen LogP) is 4.92. The van der Waals surface area contributed by atoms with Gasteiger partial charge in [-0.25, -0.2) is 4.39 Å². The zero-order valence-corrected chi connectivity index (χ0v) is 14.1. The normalized spacial score (nSPS) is 14.1. The Kier molecular flexibility index (Phi) is 4.94. The number of alkyl halides is 1. The van der Waals surface area contributed by atoms with Crippen molar-refractivity contribution in [3.63, 3.8) is 0 Å². The summed E-state index contributed by atoms with van der Waals surface area (Å²) in [6.45, 7) is 0.319. The van der Waals surface area contributed by atoms with Gasteiger partial charge in [0.15, 0.2) is 12.3 Å². The first-order valence-corrected chi connectivity index (χ1v) is 8.50. The van der Waals surface area contributed by atoms with Crippen LogP contribution >= 0.6 is 11.3 Å². The van der Waals surface area contributed by atoms with E-state index in [9.17, 15) is 4.39 Å². The minimum Gasteiger partial charge on any atom is -0.482 e. The van der Waals surface area contributed by atoms with Gasteiger partial charge in [-0.1, -0.05) is 36.4 Å². The van der Waals surface area contributed by atoms with Crippen LogP contribution in [0.3, 0.4) is 0 Å². The van der Waals surface area contributed by atoms with Gasteiger partial charge in [-0.2, -0.15) is 0 Å². The molecule has 23 heavy (non-hydrogen) atoms. The Labute approximate surface area is 140 Å². The maximum absolute atomic E-state index is 14.9. The highest BCUT2D eigenvalue weighted by atomic mass is 32.1. The lowest BCUT2D eigenvalue weighted by Crippen LogP contribution is -2.30. The number of hydrogen-bond acceptors (Lipinski definition) is 3. The summed E-state index contributed by atoms with van der Waals surface area (Å²) in [4.78, 5) is 1.84. The summed E-state index contributed by atoms with van der Waals surface area (Å²) in [7, 11) is 3.74. The summed E-state index contributed by atoms with van der Waals surface area (Å²) in [5.41, 5.74) is 0.856. The monoisotopic (exact) mass is 329 g/mol. The minimum atomic E-state index is -1.11. The molecule has 0 bridgehead atoms. The zero-order valence-electron chi connectivity index (χ0n) is 13.3. The molecular formula is C19H20FNOS. The van der Waals surface area contributed by atoms with Crippen molar-refractivity contribution in [3.05, 3.63) is 65.5 Å². The second-order valence-electron chi connectivity index (χ2n) is 5.82. The van der Waals surface area contributed by atoms with Crippen molar-refractivity contribution in [2.24, 2.45) is 0 Å². The summed E-state index contributed by atoms with van der Waals surface area (Å²) in [5.74, 6) is 0.735. The standard InChI is InChI=1S/C19H20FNOS/c1-21(2)13-16(20)19(14-7-4-3-5-8-14)22-17-9-6-10-18-15(17)11-12-23-18/h3-12,16,19H,13H2,1-2H3. The second kappa shape index (κ2) is 7.11. The van der Waals surface area contributed by atoms with Crippen molar-refractivity contribution < 1.29 is 9.13 Å². The molecule has 4 heteroatoms. The molecule has 0 N–H and O–H groups in total. The third-order valence-electron chi connectivity index (χ3n) is 3.71. The van der Waals surface area contributed by atoms with Crippen LogP contribution in [0.5, 0.6) is 5.75 Å². The number of fused-ring (bicyclic) bond motifs is 1. The third kappa shape index (κ3) is 3.71. The van der Waals surface area contributed by atoms with E-state index >= 15 is 0 Å². The van der Waals surface area contributed by atoms with Gasteiger partial charge in [-0.05, 0) is 43.2 Å². The Morgan fingerprint density at radius 3 is 2.57 bits per heavy atom. The Morgan fingerprint density at radius 1 is 1.04 bits per heavy atom. The van der Waals surface area contributed by atoms with E-state index in [1.165, 1.54) is 0 Å². The summed E-state index contributed by atoms with van der Waals surface area (Å²) in [6.07, 6.45) is -1.73. The molecule has 0 amide bonds. The molecule has 0 radical (unpaired) electrons. The molecule has 3 rings (SSSR count). The molecular weight excluding hydrogens is 309 g/mol. The zero-order chi connectivity index (χ0) is 16.2. The van der Waals surface area contributed by atoms with Crippen molar-refractivity contribution in [1.29, 1.82) is 0 Å². The third-order valence-corrected chi connectivity index (χ3v) is 4.59. The van der Waals surface area contributed by atoms with Crippen LogP contribution in [0.25, 0.3) is 10.1 Å². The average molecular weight is 329 g/mol.